The normalized spacial score (nSPS) is 20.2. The van der Waals surface area contributed by atoms with Gasteiger partial charge < -0.3 is 40.5 Å². The first-order valence-electron chi connectivity index (χ1n) is 18.5. The monoisotopic (exact) mass is 777 g/mol. The highest BCUT2D eigenvalue weighted by Crippen LogP contribution is 2.38. The zero-order valence-electron chi connectivity index (χ0n) is 30.0. The summed E-state index contributed by atoms with van der Waals surface area (Å²) in [4.78, 5) is 61.0. The minimum absolute atomic E-state index is 0.0489. The van der Waals surface area contributed by atoms with Crippen molar-refractivity contribution in [3.8, 4) is 0 Å². The van der Waals surface area contributed by atoms with Crippen LogP contribution in [0.15, 0.2) is 36.4 Å². The van der Waals surface area contributed by atoms with E-state index in [0.29, 0.717) is 58.5 Å². The van der Waals surface area contributed by atoms with E-state index in [2.05, 4.69) is 15.1 Å². The van der Waals surface area contributed by atoms with Crippen LogP contribution in [0.3, 0.4) is 0 Å². The number of ether oxygens (including phenoxy) is 1. The van der Waals surface area contributed by atoms with Crippen LogP contribution in [0.25, 0.3) is 0 Å². The summed E-state index contributed by atoms with van der Waals surface area (Å²) in [6.45, 7) is 4.97. The first-order chi connectivity index (χ1) is 25.8. The van der Waals surface area contributed by atoms with Crippen LogP contribution < -0.4 is 11.1 Å². The zero-order chi connectivity index (χ0) is 38.6. The van der Waals surface area contributed by atoms with Gasteiger partial charge in [0.2, 0.25) is 0 Å². The summed E-state index contributed by atoms with van der Waals surface area (Å²) in [5.74, 6) is -1.33. The molecule has 2 aromatic carbocycles. The largest absolute Gasteiger partial charge is 0.481 e. The zero-order valence-corrected chi connectivity index (χ0v) is 30.8. The summed E-state index contributed by atoms with van der Waals surface area (Å²) in [6, 6.07) is 9.71. The van der Waals surface area contributed by atoms with Crippen LogP contribution in [-0.4, -0.2) is 137 Å². The van der Waals surface area contributed by atoms with Crippen LogP contribution >= 0.6 is 11.6 Å². The first-order valence-corrected chi connectivity index (χ1v) is 18.9. The van der Waals surface area contributed by atoms with E-state index in [4.69, 9.17) is 27.2 Å². The van der Waals surface area contributed by atoms with Gasteiger partial charge in [0, 0.05) is 76.5 Å². The van der Waals surface area contributed by atoms with Gasteiger partial charge in [-0.05, 0) is 74.5 Å². The number of piperazine rings is 1. The second-order valence-electron chi connectivity index (χ2n) is 14.4. The number of benzene rings is 2. The fourth-order valence-corrected chi connectivity index (χ4v) is 8.23. The van der Waals surface area contributed by atoms with Gasteiger partial charge in [-0.15, -0.1) is 0 Å². The molecule has 3 fully saturated rings. The Bertz CT molecular complexity index is 1690. The van der Waals surface area contributed by atoms with Crippen LogP contribution in [0.4, 0.5) is 34.1 Å². The van der Waals surface area contributed by atoms with E-state index >= 15 is 0 Å². The molecule has 6 rings (SSSR count). The predicted molar refractivity (Wildman–Crippen MR) is 195 cm³/mol. The SMILES string of the molecule is Nc1c(Cl)cc(C[C@@H](OC(=O)N2CCC(N3CCc4ccccc4NC3=O)CC2)C(=O)N2CCN(C3CCN(CCC(=O)O)CC3)CC2)cc1C(F)(F)F. The van der Waals surface area contributed by atoms with E-state index < -0.39 is 41.5 Å². The molecule has 4 N–H and O–H groups in total. The number of carbonyl (C=O) groups is 4. The number of carboxylic acids is 1. The summed E-state index contributed by atoms with van der Waals surface area (Å²) in [5, 5.41) is 11.7. The van der Waals surface area contributed by atoms with Gasteiger partial charge in [-0.2, -0.15) is 13.2 Å². The van der Waals surface area contributed by atoms with Crippen molar-refractivity contribution in [2.75, 3.05) is 76.5 Å². The maximum absolute atomic E-state index is 14.1. The van der Waals surface area contributed by atoms with Gasteiger partial charge in [0.25, 0.3) is 5.91 Å². The summed E-state index contributed by atoms with van der Waals surface area (Å²) in [7, 11) is 0. The average Bonchev–Trinajstić information content (AvgIpc) is 3.32. The fraction of sp³-hybridized carbons (Fsp3) is 0.568. The molecular formula is C37H47ClF3N7O6. The van der Waals surface area contributed by atoms with E-state index in [1.165, 1.54) is 11.0 Å². The maximum Gasteiger partial charge on any atom is 0.418 e. The third kappa shape index (κ3) is 9.50. The Hall–Kier alpha value is -4.28. The van der Waals surface area contributed by atoms with Gasteiger partial charge in [-0.1, -0.05) is 29.8 Å². The van der Waals surface area contributed by atoms with Gasteiger partial charge in [-0.25, -0.2) is 9.59 Å². The van der Waals surface area contributed by atoms with Crippen LogP contribution in [0.5, 0.6) is 0 Å². The van der Waals surface area contributed by atoms with Gasteiger partial charge in [0.1, 0.15) is 0 Å². The lowest BCUT2D eigenvalue weighted by Gasteiger charge is -2.43. The number of hydrogen-bond donors (Lipinski definition) is 3. The van der Waals surface area contributed by atoms with Crippen molar-refractivity contribution in [3.63, 3.8) is 0 Å². The van der Waals surface area contributed by atoms with E-state index in [-0.39, 0.29) is 54.6 Å². The number of piperidine rings is 2. The van der Waals surface area contributed by atoms with Crippen LogP contribution in [0, 0.1) is 0 Å². The van der Waals surface area contributed by atoms with Crippen molar-refractivity contribution < 1.29 is 42.2 Å². The second kappa shape index (κ2) is 17.0. The molecule has 4 aliphatic rings. The Morgan fingerprint density at radius 2 is 1.59 bits per heavy atom. The number of likely N-dealkylation sites (tertiary alicyclic amines) is 2. The molecule has 17 heteroatoms. The van der Waals surface area contributed by atoms with Crippen molar-refractivity contribution in [2.45, 2.75) is 69.3 Å². The number of nitrogens with two attached hydrogens (primary N) is 1. The number of para-hydroxylation sites is 1. The fourth-order valence-electron chi connectivity index (χ4n) is 7.99. The number of nitrogens with zero attached hydrogens (tertiary/aromatic N) is 5. The Morgan fingerprint density at radius 3 is 2.26 bits per heavy atom. The molecular weight excluding hydrogens is 731 g/mol. The predicted octanol–water partition coefficient (Wildman–Crippen LogP) is 4.63. The molecule has 0 spiro atoms. The van der Waals surface area contributed by atoms with Crippen molar-refractivity contribution in [3.05, 3.63) is 58.1 Å². The standard InChI is InChI=1S/C37H47ClF3N7O6/c38-29-22-24(21-28(33(29)42)37(39,40)41)23-31(34(51)46-19-17-45(18-20-46)26-6-11-44(12-7-26)13-10-32(49)50)54-36(53)47-14-8-27(9-15-47)48-16-5-25-3-1-2-4-30(25)43-35(48)52/h1-4,21-22,26-27,31H,5-20,23,42H2,(H,43,52)(H,49,50)/t31-/m1/s1. The number of amides is 4. The summed E-state index contributed by atoms with van der Waals surface area (Å²) in [5.41, 5.74) is 5.78. The highest BCUT2D eigenvalue weighted by atomic mass is 35.5. The molecule has 13 nitrogen and oxygen atoms in total. The van der Waals surface area contributed by atoms with Crippen LogP contribution in [0.2, 0.25) is 5.02 Å². The van der Waals surface area contributed by atoms with Crippen LogP contribution in [-0.2, 0) is 33.3 Å². The number of carbonyl (C=O) groups excluding carboxylic acids is 3. The molecule has 54 heavy (non-hydrogen) atoms. The summed E-state index contributed by atoms with van der Waals surface area (Å²) in [6.07, 6.45) is -3.80. The van der Waals surface area contributed by atoms with Crippen molar-refractivity contribution in [1.82, 2.24) is 24.5 Å². The third-order valence-electron chi connectivity index (χ3n) is 11.1. The molecule has 0 aromatic heterocycles. The minimum atomic E-state index is -4.79. The van der Waals surface area contributed by atoms with E-state index in [1.54, 1.807) is 9.80 Å². The molecule has 4 heterocycles. The molecule has 294 valence electrons. The Labute approximate surface area is 317 Å². The molecule has 0 unspecified atom stereocenters. The van der Waals surface area contributed by atoms with E-state index in [0.717, 1.165) is 43.2 Å². The Balaban J connectivity index is 1.09. The van der Waals surface area contributed by atoms with Gasteiger partial charge in [0.05, 0.1) is 22.7 Å². The number of nitrogen functional groups attached to an aromatic ring is 1. The number of anilines is 2. The highest BCUT2D eigenvalue weighted by Gasteiger charge is 2.38. The Morgan fingerprint density at radius 1 is 0.926 bits per heavy atom. The number of nitrogens with one attached hydrogen (secondary N) is 1. The number of alkyl halides is 3. The minimum Gasteiger partial charge on any atom is -0.481 e. The highest BCUT2D eigenvalue weighted by molar-refractivity contribution is 6.33. The lowest BCUT2D eigenvalue weighted by atomic mass is 10.0. The van der Waals surface area contributed by atoms with Crippen molar-refractivity contribution in [2.24, 2.45) is 0 Å². The summed E-state index contributed by atoms with van der Waals surface area (Å²) < 4.78 is 47.4. The van der Waals surface area contributed by atoms with Gasteiger partial charge >= 0.3 is 24.3 Å². The van der Waals surface area contributed by atoms with Gasteiger partial charge in [0.15, 0.2) is 6.10 Å². The van der Waals surface area contributed by atoms with Gasteiger partial charge in [-0.3, -0.25) is 14.5 Å². The topological polar surface area (TPSA) is 152 Å². The molecule has 3 saturated heterocycles. The molecule has 0 bridgehead atoms. The lowest BCUT2D eigenvalue weighted by Crippen LogP contribution is -2.56. The number of fused-ring (bicyclic) bond motifs is 1. The average molecular weight is 778 g/mol. The lowest BCUT2D eigenvalue weighted by molar-refractivity contribution is -0.143. The van der Waals surface area contributed by atoms with Crippen LogP contribution in [0.1, 0.15) is 48.8 Å². The number of hydrogen-bond acceptors (Lipinski definition) is 8. The van der Waals surface area contributed by atoms with E-state index in [9.17, 15) is 32.3 Å². The maximum atomic E-state index is 14.1. The molecule has 4 amide bonds. The summed E-state index contributed by atoms with van der Waals surface area (Å²) >= 11 is 6.12. The molecule has 2 aromatic rings. The van der Waals surface area contributed by atoms with Crippen molar-refractivity contribution >= 4 is 47.0 Å². The smallest absolute Gasteiger partial charge is 0.418 e. The molecule has 0 aliphatic carbocycles. The molecule has 1 atom stereocenters. The Kier molecular flexibility index (Phi) is 12.4. The van der Waals surface area contributed by atoms with E-state index in [1.807, 2.05) is 24.3 Å². The number of halogens is 4. The van der Waals surface area contributed by atoms with Crippen molar-refractivity contribution in [1.29, 1.82) is 0 Å². The third-order valence-corrected chi connectivity index (χ3v) is 11.4. The number of carboxylic acid groups (broad SMARTS) is 1. The molecule has 0 saturated carbocycles. The second-order valence-corrected chi connectivity index (χ2v) is 14.8. The number of aliphatic carboxylic acids is 1. The molecule has 4 aliphatic heterocycles. The number of urea groups is 1. The molecule has 0 radical (unpaired) electrons. The number of rotatable bonds is 9. The quantitative estimate of drug-likeness (QED) is 0.310. The first kappa shape index (κ1) is 39.4.